The number of rotatable bonds is 10. The maximum atomic E-state index is 11.6. The molecule has 2 N–H and O–H groups in total. The lowest BCUT2D eigenvalue weighted by Gasteiger charge is -2.11. The number of hydrogen-bond donors (Lipinski definition) is 2. The maximum absolute atomic E-state index is 11.6. The van der Waals surface area contributed by atoms with Crippen LogP contribution in [0.4, 0.5) is 0 Å². The molecule has 0 aliphatic heterocycles. The number of carbonyl (C=O) groups is 3. The van der Waals surface area contributed by atoms with Gasteiger partial charge in [0.25, 0.3) is 5.91 Å². The van der Waals surface area contributed by atoms with Crippen LogP contribution in [0.2, 0.25) is 0 Å². The van der Waals surface area contributed by atoms with E-state index in [0.29, 0.717) is 17.9 Å². The largest absolute Gasteiger partial charge is 0.493 e. The van der Waals surface area contributed by atoms with Gasteiger partial charge in [-0.25, -0.2) is 4.79 Å². The van der Waals surface area contributed by atoms with Crippen LogP contribution >= 0.6 is 0 Å². The van der Waals surface area contributed by atoms with Crippen LogP contribution in [0.25, 0.3) is 0 Å². The number of benzene rings is 1. The molecule has 136 valence electrons. The van der Waals surface area contributed by atoms with E-state index in [-0.39, 0.29) is 19.1 Å². The molecule has 0 radical (unpaired) electrons. The van der Waals surface area contributed by atoms with Gasteiger partial charge in [0.1, 0.15) is 0 Å². The van der Waals surface area contributed by atoms with E-state index in [1.165, 1.54) is 14.2 Å². The molecule has 0 aromatic heterocycles. The minimum absolute atomic E-state index is 0.183. The van der Waals surface area contributed by atoms with Crippen molar-refractivity contribution in [3.05, 3.63) is 36.4 Å². The molecular formula is C17H22N2O6. The van der Waals surface area contributed by atoms with Gasteiger partial charge in [-0.15, -0.1) is 6.58 Å². The molecule has 0 bridgehead atoms. The number of methoxy groups -OCH3 is 1. The molecule has 8 heteroatoms. The van der Waals surface area contributed by atoms with Crippen LogP contribution in [0, 0.1) is 0 Å². The van der Waals surface area contributed by atoms with Crippen molar-refractivity contribution in [3.8, 4) is 11.5 Å². The molecule has 0 heterocycles. The van der Waals surface area contributed by atoms with E-state index >= 15 is 0 Å². The summed E-state index contributed by atoms with van der Waals surface area (Å²) in [6.45, 7) is 2.62. The lowest BCUT2D eigenvalue weighted by Crippen LogP contribution is -2.37. The van der Waals surface area contributed by atoms with Crippen molar-refractivity contribution in [2.24, 2.45) is 0 Å². The SMILES string of the molecule is C=CCc1ccc(OCC(=O)OCC(=O)NCC(=O)NC)c(OC)c1. The Hall–Kier alpha value is -3.03. The molecule has 1 aromatic carbocycles. The van der Waals surface area contributed by atoms with E-state index in [2.05, 4.69) is 17.2 Å². The van der Waals surface area contributed by atoms with Crippen molar-refractivity contribution in [2.75, 3.05) is 33.9 Å². The number of esters is 1. The second-order valence-electron chi connectivity index (χ2n) is 4.88. The van der Waals surface area contributed by atoms with Crippen molar-refractivity contribution in [2.45, 2.75) is 6.42 Å². The van der Waals surface area contributed by atoms with Crippen LogP contribution in [0.3, 0.4) is 0 Å². The first-order valence-electron chi connectivity index (χ1n) is 7.53. The van der Waals surface area contributed by atoms with E-state index in [1.54, 1.807) is 18.2 Å². The van der Waals surface area contributed by atoms with Crippen molar-refractivity contribution in [1.29, 1.82) is 0 Å². The van der Waals surface area contributed by atoms with Gasteiger partial charge in [0, 0.05) is 7.05 Å². The number of hydrogen-bond acceptors (Lipinski definition) is 6. The molecule has 0 spiro atoms. The van der Waals surface area contributed by atoms with Crippen LogP contribution in [0.15, 0.2) is 30.9 Å². The summed E-state index contributed by atoms with van der Waals surface area (Å²) in [5.74, 6) is -0.780. The van der Waals surface area contributed by atoms with Gasteiger partial charge in [0.05, 0.1) is 13.7 Å². The van der Waals surface area contributed by atoms with Crippen molar-refractivity contribution in [3.63, 3.8) is 0 Å². The fourth-order valence-electron chi connectivity index (χ4n) is 1.77. The van der Waals surface area contributed by atoms with Gasteiger partial charge >= 0.3 is 5.97 Å². The third-order valence-electron chi connectivity index (χ3n) is 3.04. The summed E-state index contributed by atoms with van der Waals surface area (Å²) in [4.78, 5) is 34.0. The molecule has 8 nitrogen and oxygen atoms in total. The normalized spacial score (nSPS) is 9.68. The second-order valence-corrected chi connectivity index (χ2v) is 4.88. The highest BCUT2D eigenvalue weighted by Crippen LogP contribution is 2.28. The fraction of sp³-hybridized carbons (Fsp3) is 0.353. The van der Waals surface area contributed by atoms with Crippen molar-refractivity contribution < 1.29 is 28.6 Å². The standard InChI is InChI=1S/C17H22N2O6/c1-4-5-12-6-7-13(14(8-12)23-3)24-11-17(22)25-10-16(21)19-9-15(20)18-2/h4,6-8H,1,5,9-11H2,2-3H3,(H,18,20)(H,19,21). The van der Waals surface area contributed by atoms with Gasteiger partial charge in [-0.05, 0) is 24.1 Å². The lowest BCUT2D eigenvalue weighted by molar-refractivity contribution is -0.150. The Morgan fingerprint density at radius 2 is 1.92 bits per heavy atom. The van der Waals surface area contributed by atoms with Gasteiger partial charge in [-0.3, -0.25) is 9.59 Å². The van der Waals surface area contributed by atoms with Gasteiger partial charge in [-0.1, -0.05) is 12.1 Å². The van der Waals surface area contributed by atoms with Crippen LogP contribution in [0.5, 0.6) is 11.5 Å². The van der Waals surface area contributed by atoms with Crippen LogP contribution in [0.1, 0.15) is 5.56 Å². The average Bonchev–Trinajstić information content (AvgIpc) is 2.63. The lowest BCUT2D eigenvalue weighted by atomic mass is 10.1. The number of allylic oxidation sites excluding steroid dienone is 1. The average molecular weight is 350 g/mol. The molecule has 0 saturated carbocycles. The number of likely N-dealkylation sites (N-methyl/N-ethyl adjacent to an activating group) is 1. The highest BCUT2D eigenvalue weighted by molar-refractivity contribution is 5.86. The topological polar surface area (TPSA) is 103 Å². The number of nitrogens with one attached hydrogen (secondary N) is 2. The van der Waals surface area contributed by atoms with E-state index in [9.17, 15) is 14.4 Å². The number of ether oxygens (including phenoxy) is 3. The van der Waals surface area contributed by atoms with Crippen LogP contribution < -0.4 is 20.1 Å². The van der Waals surface area contributed by atoms with Gasteiger partial charge < -0.3 is 24.8 Å². The highest BCUT2D eigenvalue weighted by Gasteiger charge is 2.11. The van der Waals surface area contributed by atoms with E-state index in [4.69, 9.17) is 14.2 Å². The zero-order chi connectivity index (χ0) is 18.7. The van der Waals surface area contributed by atoms with E-state index in [0.717, 1.165) is 5.56 Å². The fourth-order valence-corrected chi connectivity index (χ4v) is 1.77. The molecule has 0 unspecified atom stereocenters. The van der Waals surface area contributed by atoms with Crippen molar-refractivity contribution in [1.82, 2.24) is 10.6 Å². The summed E-state index contributed by atoms with van der Waals surface area (Å²) in [5, 5.41) is 4.65. The van der Waals surface area contributed by atoms with Gasteiger partial charge in [0.15, 0.2) is 24.7 Å². The quantitative estimate of drug-likeness (QED) is 0.462. The molecule has 0 atom stereocenters. The predicted octanol–water partition coefficient (Wildman–Crippen LogP) is 0.208. The minimum Gasteiger partial charge on any atom is -0.493 e. The Kier molecular flexibility index (Phi) is 8.56. The minimum atomic E-state index is -0.715. The Morgan fingerprint density at radius 3 is 2.56 bits per heavy atom. The van der Waals surface area contributed by atoms with E-state index < -0.39 is 18.5 Å². The number of carbonyl (C=O) groups excluding carboxylic acids is 3. The van der Waals surface area contributed by atoms with Crippen LogP contribution in [-0.2, 0) is 25.5 Å². The zero-order valence-corrected chi connectivity index (χ0v) is 14.3. The first-order valence-corrected chi connectivity index (χ1v) is 7.53. The molecule has 0 saturated heterocycles. The molecule has 2 amide bonds. The monoisotopic (exact) mass is 350 g/mol. The highest BCUT2D eigenvalue weighted by atomic mass is 16.6. The Morgan fingerprint density at radius 1 is 1.16 bits per heavy atom. The maximum Gasteiger partial charge on any atom is 0.344 e. The molecule has 0 aliphatic carbocycles. The third-order valence-corrected chi connectivity index (χ3v) is 3.04. The van der Waals surface area contributed by atoms with Crippen LogP contribution in [-0.4, -0.2) is 51.7 Å². The molecule has 0 aliphatic rings. The summed E-state index contributed by atoms with van der Waals surface area (Å²) in [7, 11) is 2.94. The Labute approximate surface area is 146 Å². The van der Waals surface area contributed by atoms with Gasteiger partial charge in [0.2, 0.25) is 5.91 Å². The smallest absolute Gasteiger partial charge is 0.344 e. The predicted molar refractivity (Wildman–Crippen MR) is 90.4 cm³/mol. The first kappa shape index (κ1) is 20.0. The van der Waals surface area contributed by atoms with Crippen molar-refractivity contribution >= 4 is 17.8 Å². The number of amides is 2. The molecule has 1 aromatic rings. The summed E-state index contributed by atoms with van der Waals surface area (Å²) < 4.78 is 15.3. The summed E-state index contributed by atoms with van der Waals surface area (Å²) in [6.07, 6.45) is 2.45. The summed E-state index contributed by atoms with van der Waals surface area (Å²) in [6, 6.07) is 5.30. The second kappa shape index (κ2) is 10.7. The zero-order valence-electron chi connectivity index (χ0n) is 14.3. The third kappa shape index (κ3) is 7.38. The summed E-state index contributed by atoms with van der Waals surface area (Å²) >= 11 is 0. The Bertz CT molecular complexity index is 630. The molecular weight excluding hydrogens is 328 g/mol. The molecule has 1 rings (SSSR count). The summed E-state index contributed by atoms with van der Waals surface area (Å²) in [5.41, 5.74) is 0.995. The Balaban J connectivity index is 2.42. The molecule has 25 heavy (non-hydrogen) atoms. The first-order chi connectivity index (χ1) is 12.0. The molecule has 0 fully saturated rings. The van der Waals surface area contributed by atoms with E-state index in [1.807, 2.05) is 6.07 Å². The van der Waals surface area contributed by atoms with Gasteiger partial charge in [-0.2, -0.15) is 0 Å².